The van der Waals surface area contributed by atoms with Crippen LogP contribution in [-0.4, -0.2) is 13.0 Å². The molecule has 1 rings (SSSR count). The molecule has 3 heteroatoms. The molecule has 0 aliphatic rings. The average molecular weight is 214 g/mol. The van der Waals surface area contributed by atoms with E-state index >= 15 is 0 Å². The molecule has 0 atom stereocenters. The number of benzene rings is 1. The second kappa shape index (κ2) is 5.13. The van der Waals surface area contributed by atoms with Crippen LogP contribution in [-0.2, 0) is 4.79 Å². The van der Waals surface area contributed by atoms with Crippen LogP contribution in [0.3, 0.4) is 0 Å². The fraction of sp³-hybridized carbons (Fsp3) is 0.231. The molecule has 0 aliphatic carbocycles. The van der Waals surface area contributed by atoms with E-state index in [-0.39, 0.29) is 11.5 Å². The number of carbonyl (C=O) groups excluding carboxylic acids is 1. The zero-order chi connectivity index (χ0) is 12.1. The van der Waals surface area contributed by atoms with Gasteiger partial charge in [0.1, 0.15) is 11.6 Å². The predicted octanol–water partition coefficient (Wildman–Crippen LogP) is 1.96. The number of nitriles is 1. The lowest BCUT2D eigenvalue weighted by atomic mass is 10.0. The van der Waals surface area contributed by atoms with Crippen LogP contribution >= 0.6 is 0 Å². The van der Waals surface area contributed by atoms with Gasteiger partial charge in [-0.3, -0.25) is 4.79 Å². The molecule has 0 aromatic heterocycles. The molecule has 0 bridgehead atoms. The van der Waals surface area contributed by atoms with Crippen molar-refractivity contribution < 1.29 is 4.79 Å². The number of aryl methyl sites for hydroxylation is 2. The third-order valence-corrected chi connectivity index (χ3v) is 2.32. The number of nitrogens with one attached hydrogen (secondary N) is 1. The molecule has 1 aromatic carbocycles. The Morgan fingerprint density at radius 2 is 2.12 bits per heavy atom. The molecule has 0 unspecified atom stereocenters. The standard InChI is InChI=1S/C13H14N2O/c1-9-4-5-11(10(2)6-9)7-12(8-14)13(16)15-3/h4-7H,1-3H3,(H,15,16). The van der Waals surface area contributed by atoms with Gasteiger partial charge in [-0.15, -0.1) is 0 Å². The van der Waals surface area contributed by atoms with Crippen LogP contribution in [0.4, 0.5) is 0 Å². The molecule has 0 saturated carbocycles. The number of hydrogen-bond acceptors (Lipinski definition) is 2. The third kappa shape index (κ3) is 2.71. The highest BCUT2D eigenvalue weighted by Crippen LogP contribution is 2.14. The maximum absolute atomic E-state index is 11.3. The first-order chi connectivity index (χ1) is 7.58. The molecule has 0 fully saturated rings. The Morgan fingerprint density at radius 1 is 1.44 bits per heavy atom. The largest absolute Gasteiger partial charge is 0.354 e. The van der Waals surface area contributed by atoms with Gasteiger partial charge in [-0.2, -0.15) is 5.26 Å². The molecule has 0 saturated heterocycles. The van der Waals surface area contributed by atoms with Crippen LogP contribution in [0.15, 0.2) is 23.8 Å². The Labute approximate surface area is 95.4 Å². The maximum atomic E-state index is 11.3. The first kappa shape index (κ1) is 12.0. The van der Waals surface area contributed by atoms with Crippen molar-refractivity contribution >= 4 is 12.0 Å². The van der Waals surface area contributed by atoms with Crippen molar-refractivity contribution in [1.82, 2.24) is 5.32 Å². The van der Waals surface area contributed by atoms with Crippen molar-refractivity contribution in [2.24, 2.45) is 0 Å². The van der Waals surface area contributed by atoms with Gasteiger partial charge in [0.25, 0.3) is 5.91 Å². The molecule has 1 amide bonds. The van der Waals surface area contributed by atoms with Crippen molar-refractivity contribution in [3.63, 3.8) is 0 Å². The van der Waals surface area contributed by atoms with Crippen LogP contribution in [0.1, 0.15) is 16.7 Å². The summed E-state index contributed by atoms with van der Waals surface area (Å²) in [6.45, 7) is 3.96. The Hall–Kier alpha value is -2.08. The molecule has 0 heterocycles. The number of rotatable bonds is 2. The van der Waals surface area contributed by atoms with Crippen LogP contribution in [0, 0.1) is 25.2 Å². The van der Waals surface area contributed by atoms with Gasteiger partial charge in [-0.05, 0) is 31.1 Å². The van der Waals surface area contributed by atoms with Gasteiger partial charge in [-0.25, -0.2) is 0 Å². The summed E-state index contributed by atoms with van der Waals surface area (Å²) in [6, 6.07) is 7.77. The number of nitrogens with zero attached hydrogens (tertiary/aromatic N) is 1. The monoisotopic (exact) mass is 214 g/mol. The highest BCUT2D eigenvalue weighted by atomic mass is 16.1. The molecule has 0 radical (unpaired) electrons. The summed E-state index contributed by atoms with van der Waals surface area (Å²) in [5.74, 6) is -0.359. The smallest absolute Gasteiger partial charge is 0.261 e. The number of carbonyl (C=O) groups is 1. The summed E-state index contributed by atoms with van der Waals surface area (Å²) in [4.78, 5) is 11.3. The molecule has 1 N–H and O–H groups in total. The lowest BCUT2D eigenvalue weighted by Gasteiger charge is -2.03. The summed E-state index contributed by atoms with van der Waals surface area (Å²) in [5, 5.41) is 11.3. The minimum Gasteiger partial charge on any atom is -0.354 e. The number of hydrogen-bond donors (Lipinski definition) is 1. The second-order valence-corrected chi connectivity index (χ2v) is 3.61. The van der Waals surface area contributed by atoms with Crippen LogP contribution < -0.4 is 5.32 Å². The molecule has 16 heavy (non-hydrogen) atoms. The van der Waals surface area contributed by atoms with Crippen LogP contribution in [0.2, 0.25) is 0 Å². The van der Waals surface area contributed by atoms with E-state index in [1.54, 1.807) is 6.08 Å². The van der Waals surface area contributed by atoms with Gasteiger partial charge in [0, 0.05) is 7.05 Å². The van der Waals surface area contributed by atoms with E-state index in [4.69, 9.17) is 5.26 Å². The van der Waals surface area contributed by atoms with Gasteiger partial charge in [-0.1, -0.05) is 23.8 Å². The summed E-state index contributed by atoms with van der Waals surface area (Å²) >= 11 is 0. The van der Waals surface area contributed by atoms with E-state index in [0.717, 1.165) is 16.7 Å². The summed E-state index contributed by atoms with van der Waals surface area (Å²) in [5.41, 5.74) is 3.23. The minimum absolute atomic E-state index is 0.120. The van der Waals surface area contributed by atoms with E-state index < -0.39 is 0 Å². The SMILES string of the molecule is CNC(=O)C(C#N)=Cc1ccc(C)cc1C. The number of likely N-dealkylation sites (N-methyl/N-ethyl adjacent to an activating group) is 1. The zero-order valence-corrected chi connectivity index (χ0v) is 9.66. The van der Waals surface area contributed by atoms with Gasteiger partial charge >= 0.3 is 0 Å². The van der Waals surface area contributed by atoms with Crippen LogP contribution in [0.25, 0.3) is 6.08 Å². The zero-order valence-electron chi connectivity index (χ0n) is 9.66. The second-order valence-electron chi connectivity index (χ2n) is 3.61. The first-order valence-electron chi connectivity index (χ1n) is 4.99. The summed E-state index contributed by atoms with van der Waals surface area (Å²) < 4.78 is 0. The van der Waals surface area contributed by atoms with E-state index in [1.807, 2.05) is 38.1 Å². The average Bonchev–Trinajstić information content (AvgIpc) is 2.27. The minimum atomic E-state index is -0.359. The molecule has 3 nitrogen and oxygen atoms in total. The van der Waals surface area contributed by atoms with Gasteiger partial charge in [0.2, 0.25) is 0 Å². The summed E-state index contributed by atoms with van der Waals surface area (Å²) in [7, 11) is 1.51. The number of amides is 1. The lowest BCUT2D eigenvalue weighted by molar-refractivity contribution is -0.116. The normalized spacial score (nSPS) is 10.8. The van der Waals surface area contributed by atoms with Crippen molar-refractivity contribution in [3.05, 3.63) is 40.5 Å². The molecule has 1 aromatic rings. The molecule has 0 aliphatic heterocycles. The fourth-order valence-corrected chi connectivity index (χ4v) is 1.43. The molecule has 0 spiro atoms. The molecule has 82 valence electrons. The van der Waals surface area contributed by atoms with Crippen LogP contribution in [0.5, 0.6) is 0 Å². The van der Waals surface area contributed by atoms with E-state index in [0.29, 0.717) is 0 Å². The Morgan fingerprint density at radius 3 is 2.62 bits per heavy atom. The van der Waals surface area contributed by atoms with E-state index in [9.17, 15) is 4.79 Å². The van der Waals surface area contributed by atoms with Crippen molar-refractivity contribution in [1.29, 1.82) is 5.26 Å². The topological polar surface area (TPSA) is 52.9 Å². The van der Waals surface area contributed by atoms with E-state index in [1.165, 1.54) is 7.05 Å². The predicted molar refractivity (Wildman–Crippen MR) is 63.6 cm³/mol. The summed E-state index contributed by atoms with van der Waals surface area (Å²) in [6.07, 6.45) is 1.60. The van der Waals surface area contributed by atoms with Gasteiger partial charge in [0.05, 0.1) is 0 Å². The Balaban J connectivity index is 3.15. The third-order valence-electron chi connectivity index (χ3n) is 2.32. The Kier molecular flexibility index (Phi) is 3.84. The Bertz CT molecular complexity index is 481. The van der Waals surface area contributed by atoms with Gasteiger partial charge in [0.15, 0.2) is 0 Å². The maximum Gasteiger partial charge on any atom is 0.261 e. The van der Waals surface area contributed by atoms with Crippen molar-refractivity contribution in [3.8, 4) is 6.07 Å². The first-order valence-corrected chi connectivity index (χ1v) is 4.99. The fourth-order valence-electron chi connectivity index (χ4n) is 1.43. The molecular formula is C13H14N2O. The highest BCUT2D eigenvalue weighted by molar-refractivity contribution is 6.01. The molecular weight excluding hydrogens is 200 g/mol. The highest BCUT2D eigenvalue weighted by Gasteiger charge is 2.06. The van der Waals surface area contributed by atoms with E-state index in [2.05, 4.69) is 5.32 Å². The van der Waals surface area contributed by atoms with Crippen molar-refractivity contribution in [2.45, 2.75) is 13.8 Å². The van der Waals surface area contributed by atoms with Gasteiger partial charge < -0.3 is 5.32 Å². The van der Waals surface area contributed by atoms with Crippen molar-refractivity contribution in [2.75, 3.05) is 7.05 Å². The quantitative estimate of drug-likeness (QED) is 0.604. The lowest BCUT2D eigenvalue weighted by Crippen LogP contribution is -2.19.